The topological polar surface area (TPSA) is 87.6 Å². The summed E-state index contributed by atoms with van der Waals surface area (Å²) in [6.45, 7) is -0.711. The van der Waals surface area contributed by atoms with Gasteiger partial charge < -0.3 is 5.11 Å². The van der Waals surface area contributed by atoms with Crippen LogP contribution in [0.15, 0.2) is 53.6 Å². The second kappa shape index (κ2) is 6.11. The van der Waals surface area contributed by atoms with E-state index in [1.807, 2.05) is 0 Å². The van der Waals surface area contributed by atoms with E-state index in [4.69, 9.17) is 16.7 Å². The highest BCUT2D eigenvalue weighted by Crippen LogP contribution is 2.26. The highest BCUT2D eigenvalue weighted by Gasteiger charge is 2.29. The molecule has 1 heterocycles. The van der Waals surface area contributed by atoms with Crippen molar-refractivity contribution in [3.63, 3.8) is 0 Å². The summed E-state index contributed by atoms with van der Waals surface area (Å²) in [6, 6.07) is 10.6. The van der Waals surface area contributed by atoms with Crippen LogP contribution in [0.2, 0.25) is 5.15 Å². The number of carbonyl (C=O) groups is 1. The standard InChI is InChI=1S/C13H11ClN2O4S/c14-13-11(7-4-8-15-13)21(19,20)16(9-12(17)18)10-5-2-1-3-6-10/h1-8H,9H2,(H,17,18). The minimum atomic E-state index is -4.12. The van der Waals surface area contributed by atoms with Crippen LogP contribution in [0.5, 0.6) is 0 Å². The van der Waals surface area contributed by atoms with E-state index in [1.165, 1.54) is 30.5 Å². The number of carboxylic acid groups (broad SMARTS) is 1. The van der Waals surface area contributed by atoms with Crippen LogP contribution < -0.4 is 4.31 Å². The number of halogens is 1. The molecule has 0 aliphatic heterocycles. The van der Waals surface area contributed by atoms with Crippen LogP contribution in [0.4, 0.5) is 5.69 Å². The molecule has 0 aliphatic rings. The summed E-state index contributed by atoms with van der Waals surface area (Å²) in [7, 11) is -4.12. The first-order valence-corrected chi connectivity index (χ1v) is 7.65. The fourth-order valence-electron chi connectivity index (χ4n) is 1.71. The largest absolute Gasteiger partial charge is 0.480 e. The van der Waals surface area contributed by atoms with Crippen molar-refractivity contribution in [1.29, 1.82) is 0 Å². The van der Waals surface area contributed by atoms with Crippen molar-refractivity contribution >= 4 is 33.3 Å². The summed E-state index contributed by atoms with van der Waals surface area (Å²) in [5, 5.41) is 8.77. The third-order valence-electron chi connectivity index (χ3n) is 2.62. The molecule has 0 radical (unpaired) electrons. The van der Waals surface area contributed by atoms with Crippen LogP contribution in [0.3, 0.4) is 0 Å². The van der Waals surface area contributed by atoms with Crippen molar-refractivity contribution < 1.29 is 18.3 Å². The van der Waals surface area contributed by atoms with E-state index in [0.717, 1.165) is 4.31 Å². The van der Waals surface area contributed by atoms with Gasteiger partial charge in [-0.15, -0.1) is 0 Å². The van der Waals surface area contributed by atoms with Crippen molar-refractivity contribution in [2.24, 2.45) is 0 Å². The van der Waals surface area contributed by atoms with Gasteiger partial charge in [-0.05, 0) is 24.3 Å². The summed E-state index contributed by atoms with van der Waals surface area (Å²) < 4.78 is 26.0. The van der Waals surface area contributed by atoms with Gasteiger partial charge in [-0.25, -0.2) is 13.4 Å². The van der Waals surface area contributed by atoms with Gasteiger partial charge in [0.15, 0.2) is 0 Å². The quantitative estimate of drug-likeness (QED) is 0.849. The van der Waals surface area contributed by atoms with E-state index in [0.29, 0.717) is 0 Å². The van der Waals surface area contributed by atoms with Crippen molar-refractivity contribution in [3.8, 4) is 0 Å². The molecule has 0 atom stereocenters. The lowest BCUT2D eigenvalue weighted by Crippen LogP contribution is -2.36. The Morgan fingerprint density at radius 1 is 1.19 bits per heavy atom. The fraction of sp³-hybridized carbons (Fsp3) is 0.0769. The van der Waals surface area contributed by atoms with E-state index >= 15 is 0 Å². The van der Waals surface area contributed by atoms with Gasteiger partial charge >= 0.3 is 5.97 Å². The maximum Gasteiger partial charge on any atom is 0.324 e. The van der Waals surface area contributed by atoms with E-state index in [2.05, 4.69) is 4.98 Å². The Balaban J connectivity index is 2.56. The van der Waals surface area contributed by atoms with Gasteiger partial charge in [-0.2, -0.15) is 0 Å². The molecule has 0 saturated carbocycles. The summed E-state index contributed by atoms with van der Waals surface area (Å²) in [5.74, 6) is -1.28. The van der Waals surface area contributed by atoms with Crippen molar-refractivity contribution in [1.82, 2.24) is 4.98 Å². The summed E-state index contributed by atoms with van der Waals surface area (Å²) in [4.78, 5) is 14.5. The molecule has 0 spiro atoms. The molecule has 2 aromatic rings. The number of aromatic nitrogens is 1. The zero-order valence-electron chi connectivity index (χ0n) is 10.7. The highest BCUT2D eigenvalue weighted by atomic mass is 35.5. The van der Waals surface area contributed by atoms with Crippen molar-refractivity contribution in [2.45, 2.75) is 4.90 Å². The number of hydrogen-bond acceptors (Lipinski definition) is 4. The first kappa shape index (κ1) is 15.3. The number of hydrogen-bond donors (Lipinski definition) is 1. The number of carboxylic acids is 1. The normalized spacial score (nSPS) is 11.1. The maximum atomic E-state index is 12.6. The monoisotopic (exact) mass is 326 g/mol. The number of aliphatic carboxylic acids is 1. The molecule has 21 heavy (non-hydrogen) atoms. The third-order valence-corrected chi connectivity index (χ3v) is 4.83. The summed E-state index contributed by atoms with van der Waals surface area (Å²) in [6.07, 6.45) is 1.35. The molecule has 0 bridgehead atoms. The first-order chi connectivity index (χ1) is 9.93. The van der Waals surface area contributed by atoms with Crippen LogP contribution in [0.1, 0.15) is 0 Å². The van der Waals surface area contributed by atoms with E-state index in [-0.39, 0.29) is 15.7 Å². The van der Waals surface area contributed by atoms with Crippen LogP contribution >= 0.6 is 11.6 Å². The minimum Gasteiger partial charge on any atom is -0.480 e. The molecule has 0 aliphatic carbocycles. The molecule has 110 valence electrons. The third kappa shape index (κ3) is 3.32. The molecule has 8 heteroatoms. The average Bonchev–Trinajstić information content (AvgIpc) is 2.45. The Morgan fingerprint density at radius 3 is 2.43 bits per heavy atom. The SMILES string of the molecule is O=C(O)CN(c1ccccc1)S(=O)(=O)c1cccnc1Cl. The predicted molar refractivity (Wildman–Crippen MR) is 77.9 cm³/mol. The molecule has 0 unspecified atom stereocenters. The zero-order chi connectivity index (χ0) is 15.5. The molecule has 6 nitrogen and oxygen atoms in total. The van der Waals surface area contributed by atoms with Gasteiger partial charge in [-0.1, -0.05) is 29.8 Å². The molecule has 1 N–H and O–H groups in total. The van der Waals surface area contributed by atoms with Crippen molar-refractivity contribution in [3.05, 3.63) is 53.8 Å². The molecule has 0 saturated heterocycles. The van der Waals surface area contributed by atoms with Crippen LogP contribution in [0.25, 0.3) is 0 Å². The van der Waals surface area contributed by atoms with Gasteiger partial charge in [-0.3, -0.25) is 9.10 Å². The molecule has 1 aromatic carbocycles. The molecular weight excluding hydrogens is 316 g/mol. The second-order valence-electron chi connectivity index (χ2n) is 4.03. The predicted octanol–water partition coefficient (Wildman–Crippen LogP) is 2.01. The zero-order valence-corrected chi connectivity index (χ0v) is 12.3. The number of nitrogens with zero attached hydrogens (tertiary/aromatic N) is 2. The Labute approximate surface area is 126 Å². The first-order valence-electron chi connectivity index (χ1n) is 5.83. The van der Waals surface area contributed by atoms with Gasteiger partial charge in [0.05, 0.1) is 5.69 Å². The lowest BCUT2D eigenvalue weighted by Gasteiger charge is -2.22. The number of rotatable bonds is 5. The number of sulfonamides is 1. The number of anilines is 1. The van der Waals surface area contributed by atoms with Gasteiger partial charge in [0, 0.05) is 6.20 Å². The highest BCUT2D eigenvalue weighted by molar-refractivity contribution is 7.93. The van der Waals surface area contributed by atoms with E-state index in [1.54, 1.807) is 18.2 Å². The Bertz CT molecular complexity index is 750. The fourth-order valence-corrected chi connectivity index (χ4v) is 3.56. The van der Waals surface area contributed by atoms with Crippen LogP contribution in [0, 0.1) is 0 Å². The van der Waals surface area contributed by atoms with E-state index in [9.17, 15) is 13.2 Å². The molecule has 0 fully saturated rings. The average molecular weight is 327 g/mol. The molecule has 0 amide bonds. The maximum absolute atomic E-state index is 12.6. The molecular formula is C13H11ClN2O4S. The number of para-hydroxylation sites is 1. The van der Waals surface area contributed by atoms with Crippen LogP contribution in [-0.2, 0) is 14.8 Å². The minimum absolute atomic E-state index is 0.205. The van der Waals surface area contributed by atoms with Gasteiger partial charge in [0.1, 0.15) is 16.6 Å². The Morgan fingerprint density at radius 2 is 1.86 bits per heavy atom. The van der Waals surface area contributed by atoms with Crippen LogP contribution in [-0.4, -0.2) is 31.0 Å². The Hall–Kier alpha value is -2.12. The lowest BCUT2D eigenvalue weighted by atomic mass is 10.3. The lowest BCUT2D eigenvalue weighted by molar-refractivity contribution is -0.135. The molecule has 2 rings (SSSR count). The second-order valence-corrected chi connectivity index (χ2v) is 6.22. The number of pyridine rings is 1. The summed E-state index contributed by atoms with van der Waals surface area (Å²) in [5.41, 5.74) is 0.236. The smallest absolute Gasteiger partial charge is 0.324 e. The molecule has 1 aromatic heterocycles. The van der Waals surface area contributed by atoms with Gasteiger partial charge in [0.25, 0.3) is 10.0 Å². The van der Waals surface area contributed by atoms with Gasteiger partial charge in [0.2, 0.25) is 0 Å². The van der Waals surface area contributed by atoms with Crippen molar-refractivity contribution in [2.75, 3.05) is 10.8 Å². The summed E-state index contributed by atoms with van der Waals surface area (Å²) >= 11 is 5.81. The van der Waals surface area contributed by atoms with E-state index < -0.39 is 22.5 Å². The number of benzene rings is 1. The Kier molecular flexibility index (Phi) is 4.44.